The summed E-state index contributed by atoms with van der Waals surface area (Å²) in [5, 5.41) is 12.4. The van der Waals surface area contributed by atoms with Gasteiger partial charge in [0.25, 0.3) is 5.91 Å². The van der Waals surface area contributed by atoms with E-state index >= 15 is 0 Å². The second-order valence-electron chi connectivity index (χ2n) is 4.25. The molecule has 0 atom stereocenters. The van der Waals surface area contributed by atoms with E-state index in [-0.39, 0.29) is 12.5 Å². The van der Waals surface area contributed by atoms with E-state index in [1.807, 2.05) is 12.1 Å². The van der Waals surface area contributed by atoms with Crippen LogP contribution in [0.2, 0.25) is 10.0 Å². The lowest BCUT2D eigenvalue weighted by Gasteiger charge is -2.08. The molecule has 0 bridgehead atoms. The van der Waals surface area contributed by atoms with Gasteiger partial charge in [-0.1, -0.05) is 35.3 Å². The van der Waals surface area contributed by atoms with Gasteiger partial charge in [0.1, 0.15) is 0 Å². The van der Waals surface area contributed by atoms with Crippen molar-refractivity contribution in [2.75, 3.05) is 11.9 Å². The molecule has 5 heteroatoms. The maximum atomic E-state index is 12.1. The van der Waals surface area contributed by atoms with E-state index in [1.165, 1.54) is 6.07 Å². The van der Waals surface area contributed by atoms with Crippen molar-refractivity contribution in [3.05, 3.63) is 63.6 Å². The minimum atomic E-state index is -0.313. The molecule has 2 aromatic rings. The number of aliphatic hydroxyl groups excluding tert-OH is 1. The Labute approximate surface area is 127 Å². The molecule has 2 N–H and O–H groups in total. The first-order valence-corrected chi connectivity index (χ1v) is 6.82. The Kier molecular flexibility index (Phi) is 5.01. The molecule has 2 aromatic carbocycles. The lowest BCUT2D eigenvalue weighted by molar-refractivity contribution is 0.102. The Hall–Kier alpha value is -1.55. The second kappa shape index (κ2) is 6.75. The van der Waals surface area contributed by atoms with Crippen LogP contribution in [0.4, 0.5) is 5.69 Å². The van der Waals surface area contributed by atoms with Crippen molar-refractivity contribution in [3.8, 4) is 0 Å². The van der Waals surface area contributed by atoms with Gasteiger partial charge in [0, 0.05) is 17.3 Å². The van der Waals surface area contributed by atoms with E-state index in [1.54, 1.807) is 24.3 Å². The summed E-state index contributed by atoms with van der Waals surface area (Å²) in [5.41, 5.74) is 2.00. The average Bonchev–Trinajstić information content (AvgIpc) is 2.44. The second-order valence-corrected chi connectivity index (χ2v) is 5.09. The summed E-state index contributed by atoms with van der Waals surface area (Å²) in [6.07, 6.45) is 0.592. The molecule has 0 aliphatic carbocycles. The summed E-state index contributed by atoms with van der Waals surface area (Å²) >= 11 is 11.8. The maximum Gasteiger partial charge on any atom is 0.257 e. The van der Waals surface area contributed by atoms with Gasteiger partial charge in [0.2, 0.25) is 0 Å². The third-order valence-electron chi connectivity index (χ3n) is 2.79. The molecule has 0 fully saturated rings. The number of carbonyl (C=O) groups is 1. The first-order chi connectivity index (χ1) is 9.60. The normalized spacial score (nSPS) is 10.3. The average molecular weight is 310 g/mol. The van der Waals surface area contributed by atoms with Gasteiger partial charge in [0.05, 0.1) is 10.6 Å². The molecule has 0 aromatic heterocycles. The van der Waals surface area contributed by atoms with Crippen LogP contribution in [0.1, 0.15) is 15.9 Å². The summed E-state index contributed by atoms with van der Waals surface area (Å²) in [7, 11) is 0. The molecule has 2 rings (SSSR count). The van der Waals surface area contributed by atoms with Gasteiger partial charge in [-0.25, -0.2) is 0 Å². The van der Waals surface area contributed by atoms with E-state index in [0.717, 1.165) is 5.56 Å². The van der Waals surface area contributed by atoms with Crippen molar-refractivity contribution in [1.29, 1.82) is 0 Å². The molecule has 0 spiro atoms. The summed E-state index contributed by atoms with van der Waals surface area (Å²) in [6.45, 7) is 0.101. The van der Waals surface area contributed by atoms with E-state index in [4.69, 9.17) is 28.3 Å². The summed E-state index contributed by atoms with van der Waals surface area (Å²) in [4.78, 5) is 12.1. The number of halogens is 2. The quantitative estimate of drug-likeness (QED) is 0.903. The maximum absolute atomic E-state index is 12.1. The van der Waals surface area contributed by atoms with Crippen LogP contribution in [0.3, 0.4) is 0 Å². The van der Waals surface area contributed by atoms with Crippen molar-refractivity contribution in [2.45, 2.75) is 6.42 Å². The lowest BCUT2D eigenvalue weighted by Crippen LogP contribution is -2.12. The highest BCUT2D eigenvalue weighted by Gasteiger charge is 2.11. The van der Waals surface area contributed by atoms with Gasteiger partial charge >= 0.3 is 0 Å². The van der Waals surface area contributed by atoms with Gasteiger partial charge in [-0.05, 0) is 42.3 Å². The Bertz CT molecular complexity index is 612. The van der Waals surface area contributed by atoms with Gasteiger partial charge in [-0.3, -0.25) is 4.79 Å². The number of aliphatic hydroxyl groups is 1. The van der Waals surface area contributed by atoms with Crippen LogP contribution in [-0.2, 0) is 6.42 Å². The molecule has 0 saturated carbocycles. The van der Waals surface area contributed by atoms with Crippen LogP contribution in [0.25, 0.3) is 0 Å². The zero-order valence-corrected chi connectivity index (χ0v) is 12.1. The molecule has 20 heavy (non-hydrogen) atoms. The predicted molar refractivity (Wildman–Crippen MR) is 81.6 cm³/mol. The minimum absolute atomic E-state index is 0.101. The number of rotatable bonds is 4. The molecule has 0 radical (unpaired) electrons. The van der Waals surface area contributed by atoms with E-state index in [2.05, 4.69) is 5.32 Å². The first-order valence-electron chi connectivity index (χ1n) is 6.06. The van der Waals surface area contributed by atoms with Gasteiger partial charge in [0.15, 0.2) is 0 Å². The number of hydrogen-bond acceptors (Lipinski definition) is 2. The van der Waals surface area contributed by atoms with Crippen molar-refractivity contribution < 1.29 is 9.90 Å². The van der Waals surface area contributed by atoms with Crippen LogP contribution >= 0.6 is 23.2 Å². The Balaban J connectivity index is 2.13. The number of carbonyl (C=O) groups excluding carboxylic acids is 1. The zero-order valence-electron chi connectivity index (χ0n) is 10.6. The third-order valence-corrected chi connectivity index (χ3v) is 3.35. The zero-order chi connectivity index (χ0) is 14.5. The highest BCUT2D eigenvalue weighted by Crippen LogP contribution is 2.22. The molecule has 3 nitrogen and oxygen atoms in total. The Morgan fingerprint density at radius 2 is 1.80 bits per heavy atom. The molecule has 0 heterocycles. The van der Waals surface area contributed by atoms with Gasteiger partial charge < -0.3 is 10.4 Å². The van der Waals surface area contributed by atoms with Gasteiger partial charge in [-0.15, -0.1) is 0 Å². The summed E-state index contributed by atoms with van der Waals surface area (Å²) in [6, 6.07) is 12.0. The van der Waals surface area contributed by atoms with E-state index < -0.39 is 0 Å². The van der Waals surface area contributed by atoms with Crippen molar-refractivity contribution in [2.24, 2.45) is 0 Å². The van der Waals surface area contributed by atoms with Crippen molar-refractivity contribution in [3.63, 3.8) is 0 Å². The number of amides is 1. The molecular formula is C15H13Cl2NO2. The predicted octanol–water partition coefficient (Wildman–Crippen LogP) is 3.78. The molecule has 0 aliphatic heterocycles. The smallest absolute Gasteiger partial charge is 0.257 e. The van der Waals surface area contributed by atoms with Crippen molar-refractivity contribution in [1.82, 2.24) is 0 Å². The van der Waals surface area contributed by atoms with Crippen LogP contribution in [0.15, 0.2) is 42.5 Å². The van der Waals surface area contributed by atoms with Gasteiger partial charge in [-0.2, -0.15) is 0 Å². The largest absolute Gasteiger partial charge is 0.396 e. The number of nitrogens with one attached hydrogen (secondary N) is 1. The standard InChI is InChI=1S/C15H13Cl2NO2/c16-11-3-6-14(17)13(9-11)15(20)18-12-4-1-10(2-5-12)7-8-19/h1-6,9,19H,7-8H2,(H,18,20). The SMILES string of the molecule is O=C(Nc1ccc(CCO)cc1)c1cc(Cl)ccc1Cl. The Morgan fingerprint density at radius 3 is 2.45 bits per heavy atom. The number of hydrogen-bond donors (Lipinski definition) is 2. The lowest BCUT2D eigenvalue weighted by atomic mass is 10.1. The van der Waals surface area contributed by atoms with Crippen LogP contribution in [0.5, 0.6) is 0 Å². The Morgan fingerprint density at radius 1 is 1.10 bits per heavy atom. The fraction of sp³-hybridized carbons (Fsp3) is 0.133. The fourth-order valence-electron chi connectivity index (χ4n) is 1.75. The molecule has 1 amide bonds. The van der Waals surface area contributed by atoms with Crippen LogP contribution < -0.4 is 5.32 Å². The first kappa shape index (κ1) is 14.9. The van der Waals surface area contributed by atoms with E-state index in [9.17, 15) is 4.79 Å². The molecule has 0 aliphatic rings. The summed E-state index contributed by atoms with van der Waals surface area (Å²) < 4.78 is 0. The fourth-order valence-corrected chi connectivity index (χ4v) is 2.13. The highest BCUT2D eigenvalue weighted by atomic mass is 35.5. The number of anilines is 1. The topological polar surface area (TPSA) is 49.3 Å². The monoisotopic (exact) mass is 309 g/mol. The highest BCUT2D eigenvalue weighted by molar-refractivity contribution is 6.36. The summed E-state index contributed by atoms with van der Waals surface area (Å²) in [5.74, 6) is -0.313. The van der Waals surface area contributed by atoms with E-state index in [0.29, 0.717) is 27.7 Å². The molecule has 104 valence electrons. The molecule has 0 unspecified atom stereocenters. The third kappa shape index (κ3) is 3.73. The van der Waals surface area contributed by atoms with Crippen LogP contribution in [-0.4, -0.2) is 17.6 Å². The molecule has 0 saturated heterocycles. The van der Waals surface area contributed by atoms with Crippen molar-refractivity contribution >= 4 is 34.8 Å². The minimum Gasteiger partial charge on any atom is -0.396 e. The molecular weight excluding hydrogens is 297 g/mol. The number of benzene rings is 2. The van der Waals surface area contributed by atoms with Crippen LogP contribution in [0, 0.1) is 0 Å².